The number of nitrogens with one attached hydrogen (secondary N) is 1. The number of halogens is 1. The van der Waals surface area contributed by atoms with Crippen molar-refractivity contribution < 1.29 is 9.18 Å². The molecule has 0 fully saturated rings. The van der Waals surface area contributed by atoms with Crippen LogP contribution in [0.1, 0.15) is 28.2 Å². The summed E-state index contributed by atoms with van der Waals surface area (Å²) in [6.45, 7) is 4.67. The maximum atomic E-state index is 14.2. The molecule has 0 unspecified atom stereocenters. The van der Waals surface area contributed by atoms with E-state index in [1.165, 1.54) is 10.7 Å². The monoisotopic (exact) mass is 392 g/mol. The molecule has 7 nitrogen and oxygen atoms in total. The molecule has 148 valence electrons. The first kappa shape index (κ1) is 18.8. The third-order valence-electron chi connectivity index (χ3n) is 4.82. The highest BCUT2D eigenvalue weighted by atomic mass is 19.1. The maximum absolute atomic E-state index is 14.2. The summed E-state index contributed by atoms with van der Waals surface area (Å²) in [6, 6.07) is 12.8. The molecule has 0 radical (unpaired) electrons. The summed E-state index contributed by atoms with van der Waals surface area (Å²) >= 11 is 0. The number of aryl methyl sites for hydroxylation is 2. The van der Waals surface area contributed by atoms with E-state index in [1.54, 1.807) is 19.1 Å². The molecule has 2 heterocycles. The number of carbonyl (C=O) groups excluding carboxylic acids is 1. The van der Waals surface area contributed by atoms with Gasteiger partial charge in [0.1, 0.15) is 11.5 Å². The predicted molar refractivity (Wildman–Crippen MR) is 107 cm³/mol. The lowest BCUT2D eigenvalue weighted by molar-refractivity contribution is 0.0947. The van der Waals surface area contributed by atoms with E-state index in [0.29, 0.717) is 18.8 Å². The van der Waals surface area contributed by atoms with Crippen molar-refractivity contribution in [3.63, 3.8) is 0 Å². The van der Waals surface area contributed by atoms with Crippen LogP contribution in [0, 0.1) is 19.7 Å². The van der Waals surface area contributed by atoms with E-state index in [-0.39, 0.29) is 17.3 Å². The zero-order chi connectivity index (χ0) is 20.4. The number of rotatable bonds is 6. The molecule has 2 aromatic carbocycles. The van der Waals surface area contributed by atoms with Crippen LogP contribution in [0.5, 0.6) is 0 Å². The lowest BCUT2D eigenvalue weighted by atomic mass is 10.2. The van der Waals surface area contributed by atoms with E-state index in [1.807, 2.05) is 42.1 Å². The molecule has 0 bridgehead atoms. The van der Waals surface area contributed by atoms with Gasteiger partial charge in [-0.25, -0.2) is 9.07 Å². The highest BCUT2D eigenvalue weighted by Crippen LogP contribution is 2.17. The van der Waals surface area contributed by atoms with Gasteiger partial charge in [-0.05, 0) is 44.0 Å². The van der Waals surface area contributed by atoms with Gasteiger partial charge < -0.3 is 5.32 Å². The molecule has 2 aromatic heterocycles. The van der Waals surface area contributed by atoms with E-state index in [4.69, 9.17) is 0 Å². The minimum atomic E-state index is -0.406. The second-order valence-electron chi connectivity index (χ2n) is 6.93. The fourth-order valence-electron chi connectivity index (χ4n) is 3.27. The van der Waals surface area contributed by atoms with Crippen LogP contribution >= 0.6 is 0 Å². The number of hydrogen-bond acceptors (Lipinski definition) is 4. The number of amides is 1. The van der Waals surface area contributed by atoms with Crippen molar-refractivity contribution in [3.8, 4) is 5.69 Å². The molecule has 0 aliphatic carbocycles. The molecule has 4 aromatic rings. The van der Waals surface area contributed by atoms with Crippen molar-refractivity contribution in [2.75, 3.05) is 6.54 Å². The molecular weight excluding hydrogens is 371 g/mol. The molecule has 0 aliphatic heterocycles. The van der Waals surface area contributed by atoms with Crippen molar-refractivity contribution in [2.45, 2.75) is 26.8 Å². The molecule has 0 spiro atoms. The van der Waals surface area contributed by atoms with Crippen molar-refractivity contribution in [1.82, 2.24) is 30.1 Å². The Morgan fingerprint density at radius 2 is 2.00 bits per heavy atom. The molecule has 0 saturated carbocycles. The number of fused-ring (bicyclic) bond motifs is 1. The first-order valence-electron chi connectivity index (χ1n) is 9.42. The van der Waals surface area contributed by atoms with Crippen molar-refractivity contribution >= 4 is 16.8 Å². The Bertz CT molecular complexity index is 1180. The number of hydrogen-bond donors (Lipinski definition) is 1. The Labute approximate surface area is 167 Å². The minimum absolute atomic E-state index is 0.189. The van der Waals surface area contributed by atoms with Crippen LogP contribution in [-0.2, 0) is 6.54 Å². The summed E-state index contributed by atoms with van der Waals surface area (Å²) < 4.78 is 17.5. The van der Waals surface area contributed by atoms with Gasteiger partial charge in [0, 0.05) is 18.5 Å². The Hall–Kier alpha value is -3.55. The molecule has 8 heteroatoms. The molecule has 0 saturated heterocycles. The van der Waals surface area contributed by atoms with E-state index in [0.717, 1.165) is 22.9 Å². The first-order valence-corrected chi connectivity index (χ1v) is 9.42. The third-order valence-corrected chi connectivity index (χ3v) is 4.82. The zero-order valence-corrected chi connectivity index (χ0v) is 16.3. The maximum Gasteiger partial charge on any atom is 0.273 e. The fraction of sp³-hybridized carbons (Fsp3) is 0.238. The minimum Gasteiger partial charge on any atom is -0.351 e. The summed E-state index contributed by atoms with van der Waals surface area (Å²) in [6.07, 6.45) is 2.55. The van der Waals surface area contributed by atoms with E-state index in [2.05, 4.69) is 20.7 Å². The Morgan fingerprint density at radius 1 is 1.17 bits per heavy atom. The highest BCUT2D eigenvalue weighted by molar-refractivity contribution is 5.93. The largest absolute Gasteiger partial charge is 0.351 e. The molecule has 29 heavy (non-hydrogen) atoms. The molecule has 0 aliphatic rings. The van der Waals surface area contributed by atoms with Crippen LogP contribution in [0.2, 0.25) is 0 Å². The normalized spacial score (nSPS) is 11.1. The Balaban J connectivity index is 1.38. The molecular formula is C21H21FN6O. The van der Waals surface area contributed by atoms with Gasteiger partial charge in [-0.2, -0.15) is 5.10 Å². The standard InChI is InChI=1S/C21H21FN6O/c1-14-8-9-19(17(22)12-14)28-15(2)20(25-26-28)21(29)23-10-5-11-27-18-7-4-3-6-16(18)13-24-27/h3-4,6-9,12-13H,5,10-11H2,1-2H3,(H,23,29). The quantitative estimate of drug-likeness (QED) is 0.511. The van der Waals surface area contributed by atoms with E-state index < -0.39 is 5.82 Å². The summed E-state index contributed by atoms with van der Waals surface area (Å²) in [4.78, 5) is 12.5. The van der Waals surface area contributed by atoms with Gasteiger partial charge in [0.25, 0.3) is 5.91 Å². The van der Waals surface area contributed by atoms with E-state index in [9.17, 15) is 9.18 Å². The number of carbonyl (C=O) groups is 1. The number of para-hydroxylation sites is 1. The molecule has 1 amide bonds. The molecule has 0 atom stereocenters. The van der Waals surface area contributed by atoms with Crippen LogP contribution in [0.15, 0.2) is 48.7 Å². The van der Waals surface area contributed by atoms with Crippen LogP contribution in [0.4, 0.5) is 4.39 Å². The van der Waals surface area contributed by atoms with Gasteiger partial charge in [-0.15, -0.1) is 5.10 Å². The average Bonchev–Trinajstić information content (AvgIpc) is 3.29. The average molecular weight is 392 g/mol. The van der Waals surface area contributed by atoms with Crippen LogP contribution in [0.25, 0.3) is 16.6 Å². The van der Waals surface area contributed by atoms with E-state index >= 15 is 0 Å². The predicted octanol–water partition coefficient (Wildman–Crippen LogP) is 3.19. The van der Waals surface area contributed by atoms with Gasteiger partial charge in [0.05, 0.1) is 17.4 Å². The lowest BCUT2D eigenvalue weighted by Gasteiger charge is -2.07. The summed E-state index contributed by atoms with van der Waals surface area (Å²) in [5.41, 5.74) is 2.83. The van der Waals surface area contributed by atoms with Crippen molar-refractivity contribution in [3.05, 3.63) is 71.4 Å². The number of nitrogens with zero attached hydrogens (tertiary/aromatic N) is 5. The smallest absolute Gasteiger partial charge is 0.273 e. The Kier molecular flexibility index (Phi) is 5.07. The van der Waals surface area contributed by atoms with Crippen molar-refractivity contribution in [2.24, 2.45) is 0 Å². The number of aromatic nitrogens is 5. The summed E-state index contributed by atoms with van der Waals surface area (Å²) in [7, 11) is 0. The lowest BCUT2D eigenvalue weighted by Crippen LogP contribution is -2.26. The van der Waals surface area contributed by atoms with Crippen LogP contribution < -0.4 is 5.32 Å². The zero-order valence-electron chi connectivity index (χ0n) is 16.3. The third kappa shape index (κ3) is 3.73. The van der Waals surface area contributed by atoms with Gasteiger partial charge in [-0.1, -0.05) is 29.5 Å². The topological polar surface area (TPSA) is 77.6 Å². The Morgan fingerprint density at radius 3 is 2.83 bits per heavy atom. The second-order valence-corrected chi connectivity index (χ2v) is 6.93. The summed E-state index contributed by atoms with van der Waals surface area (Å²) in [5.74, 6) is -0.733. The van der Waals surface area contributed by atoms with Gasteiger partial charge in [0.15, 0.2) is 5.69 Å². The van der Waals surface area contributed by atoms with Crippen molar-refractivity contribution in [1.29, 1.82) is 0 Å². The van der Waals surface area contributed by atoms with Crippen LogP contribution in [0.3, 0.4) is 0 Å². The fourth-order valence-corrected chi connectivity index (χ4v) is 3.27. The SMILES string of the molecule is Cc1ccc(-n2nnc(C(=O)NCCCn3ncc4ccccc43)c2C)c(F)c1. The number of benzene rings is 2. The highest BCUT2D eigenvalue weighted by Gasteiger charge is 2.18. The van der Waals surface area contributed by atoms with Crippen LogP contribution in [-0.4, -0.2) is 37.2 Å². The van der Waals surface area contributed by atoms with Gasteiger partial charge >= 0.3 is 0 Å². The summed E-state index contributed by atoms with van der Waals surface area (Å²) in [5, 5.41) is 16.2. The van der Waals surface area contributed by atoms with Gasteiger partial charge in [0.2, 0.25) is 0 Å². The van der Waals surface area contributed by atoms with Gasteiger partial charge in [-0.3, -0.25) is 9.48 Å². The molecule has 1 N–H and O–H groups in total. The second kappa shape index (κ2) is 7.83. The first-order chi connectivity index (χ1) is 14.0. The molecule has 4 rings (SSSR count).